The summed E-state index contributed by atoms with van der Waals surface area (Å²) in [5.41, 5.74) is 7.79. The molecule has 0 saturated heterocycles. The first-order valence-electron chi connectivity index (χ1n) is 9.84. The van der Waals surface area contributed by atoms with Crippen LogP contribution in [-0.2, 0) is 13.0 Å². The molecule has 0 spiro atoms. The lowest BCUT2D eigenvalue weighted by atomic mass is 9.97. The molecule has 0 N–H and O–H groups in total. The lowest BCUT2D eigenvalue weighted by Crippen LogP contribution is -2.00. The summed E-state index contributed by atoms with van der Waals surface area (Å²) < 4.78 is 6.65. The van der Waals surface area contributed by atoms with Gasteiger partial charge in [-0.05, 0) is 54.7 Å². The van der Waals surface area contributed by atoms with E-state index in [0.717, 1.165) is 51.6 Å². The lowest BCUT2D eigenvalue weighted by molar-refractivity contribution is 0.101. The van der Waals surface area contributed by atoms with E-state index in [1.165, 1.54) is 22.5 Å². The van der Waals surface area contributed by atoms with Crippen LogP contribution in [0.25, 0.3) is 28.0 Å². The number of rotatable bonds is 3. The molecule has 0 unspecified atom stereocenters. The van der Waals surface area contributed by atoms with Crippen LogP contribution < -0.4 is 0 Å². The summed E-state index contributed by atoms with van der Waals surface area (Å²) in [4.78, 5) is 12.8. The second-order valence-corrected chi connectivity index (χ2v) is 9.42. The second-order valence-electron chi connectivity index (χ2n) is 7.59. The number of nitrogens with zero attached hydrogens (tertiary/aromatic N) is 2. The first-order valence-corrected chi connectivity index (χ1v) is 11.4. The van der Waals surface area contributed by atoms with Crippen LogP contribution in [0.2, 0.25) is 0 Å². The number of aromatic nitrogens is 2. The van der Waals surface area contributed by atoms with Crippen molar-refractivity contribution in [3.63, 3.8) is 0 Å². The first-order chi connectivity index (χ1) is 14.0. The first kappa shape index (κ1) is 18.9. The van der Waals surface area contributed by atoms with Crippen LogP contribution in [0.5, 0.6) is 0 Å². The highest BCUT2D eigenvalue weighted by molar-refractivity contribution is 9.10. The lowest BCUT2D eigenvalue weighted by Gasteiger charge is -2.09. The Morgan fingerprint density at radius 3 is 2.14 bits per heavy atom. The summed E-state index contributed by atoms with van der Waals surface area (Å²) in [6, 6.07) is 16.7. The number of imidazole rings is 1. The molecule has 5 rings (SSSR count). The van der Waals surface area contributed by atoms with Crippen molar-refractivity contribution in [3.8, 4) is 22.4 Å². The van der Waals surface area contributed by atoms with Crippen LogP contribution in [0.4, 0.5) is 0 Å². The fourth-order valence-corrected chi connectivity index (χ4v) is 5.04. The van der Waals surface area contributed by atoms with Crippen LogP contribution in [0.1, 0.15) is 35.8 Å². The van der Waals surface area contributed by atoms with E-state index in [-0.39, 0.29) is 5.78 Å². The van der Waals surface area contributed by atoms with E-state index in [2.05, 4.69) is 83.4 Å². The van der Waals surface area contributed by atoms with Crippen molar-refractivity contribution in [3.05, 3.63) is 74.9 Å². The molecular formula is C24H20Br2N2O. The van der Waals surface area contributed by atoms with Gasteiger partial charge in [-0.2, -0.15) is 0 Å². The molecule has 1 aliphatic rings. The van der Waals surface area contributed by atoms with Crippen molar-refractivity contribution < 1.29 is 4.79 Å². The topological polar surface area (TPSA) is 26.4 Å². The third kappa shape index (κ3) is 3.11. The Morgan fingerprint density at radius 1 is 0.897 bits per heavy atom. The molecule has 3 nitrogen and oxygen atoms in total. The number of halogens is 2. The number of Topliss-reactive ketones (excluding diaryl/α,β-unsaturated/α-hetero) is 1. The van der Waals surface area contributed by atoms with Crippen molar-refractivity contribution >= 4 is 43.3 Å². The average Bonchev–Trinajstić information content (AvgIpc) is 3.12. The van der Waals surface area contributed by atoms with E-state index in [1.54, 1.807) is 6.92 Å². The number of benzene rings is 2. The molecular weight excluding hydrogens is 492 g/mol. The number of ketones is 1. The Bertz CT molecular complexity index is 1230. The molecule has 0 saturated carbocycles. The van der Waals surface area contributed by atoms with Gasteiger partial charge in [-0.1, -0.05) is 56.1 Å². The number of hydrogen-bond donors (Lipinski definition) is 0. The predicted octanol–water partition coefficient (Wildman–Crippen LogP) is 7.14. The van der Waals surface area contributed by atoms with Gasteiger partial charge < -0.3 is 4.57 Å². The molecule has 5 heteroatoms. The fraction of sp³-hybridized carbons (Fsp3) is 0.208. The molecule has 0 bridgehead atoms. The van der Waals surface area contributed by atoms with Crippen LogP contribution in [0, 0.1) is 0 Å². The highest BCUT2D eigenvalue weighted by Gasteiger charge is 2.27. The number of aryl methyl sites for hydroxylation is 2. The highest BCUT2D eigenvalue weighted by atomic mass is 79.9. The van der Waals surface area contributed by atoms with E-state index < -0.39 is 0 Å². The maximum Gasteiger partial charge on any atom is 0.177 e. The molecule has 0 atom stereocenters. The van der Waals surface area contributed by atoms with Gasteiger partial charge in [0, 0.05) is 39.7 Å². The van der Waals surface area contributed by atoms with Gasteiger partial charge in [-0.15, -0.1) is 0 Å². The molecule has 0 radical (unpaired) electrons. The number of carbonyl (C=O) groups excluding carboxylic acids is 1. The monoisotopic (exact) mass is 510 g/mol. The summed E-state index contributed by atoms with van der Waals surface area (Å²) in [6.45, 7) is 2.65. The third-order valence-corrected chi connectivity index (χ3v) is 6.80. The molecule has 3 heterocycles. The van der Waals surface area contributed by atoms with Crippen molar-refractivity contribution in [2.45, 2.75) is 32.7 Å². The molecule has 0 aliphatic carbocycles. The SMILES string of the molecule is CC(=O)c1c(-c2ccc(Br)cc2)c2c3n(c(-c4ccc(Br)cc4)cn13)CCCC2. The van der Waals surface area contributed by atoms with Crippen molar-refractivity contribution in [2.75, 3.05) is 0 Å². The second kappa shape index (κ2) is 7.29. The minimum absolute atomic E-state index is 0.101. The Morgan fingerprint density at radius 2 is 1.52 bits per heavy atom. The third-order valence-electron chi connectivity index (χ3n) is 5.74. The van der Waals surface area contributed by atoms with Crippen LogP contribution >= 0.6 is 31.9 Å². The van der Waals surface area contributed by atoms with Gasteiger partial charge in [0.25, 0.3) is 0 Å². The largest absolute Gasteiger partial charge is 0.325 e. The minimum Gasteiger partial charge on any atom is -0.325 e. The van der Waals surface area contributed by atoms with Crippen molar-refractivity contribution in [2.24, 2.45) is 0 Å². The number of carbonyl (C=O) groups is 1. The zero-order chi connectivity index (χ0) is 20.1. The molecule has 2 aromatic heterocycles. The Kier molecular flexibility index (Phi) is 4.75. The fourth-order valence-electron chi connectivity index (χ4n) is 4.51. The molecule has 0 fully saturated rings. The highest BCUT2D eigenvalue weighted by Crippen LogP contribution is 2.39. The Labute approximate surface area is 186 Å². The van der Waals surface area contributed by atoms with Gasteiger partial charge in [-0.3, -0.25) is 9.20 Å². The van der Waals surface area contributed by atoms with E-state index in [4.69, 9.17) is 0 Å². The zero-order valence-corrected chi connectivity index (χ0v) is 19.3. The summed E-state index contributed by atoms with van der Waals surface area (Å²) >= 11 is 7.05. The molecule has 0 amide bonds. The predicted molar refractivity (Wildman–Crippen MR) is 125 cm³/mol. The van der Waals surface area contributed by atoms with E-state index in [1.807, 2.05) is 12.1 Å². The minimum atomic E-state index is 0.101. The summed E-state index contributed by atoms with van der Waals surface area (Å²) in [7, 11) is 0. The summed E-state index contributed by atoms with van der Waals surface area (Å²) in [5, 5.41) is 0. The molecule has 29 heavy (non-hydrogen) atoms. The van der Waals surface area contributed by atoms with E-state index >= 15 is 0 Å². The Balaban J connectivity index is 1.84. The van der Waals surface area contributed by atoms with Gasteiger partial charge in [0.2, 0.25) is 0 Å². The average molecular weight is 512 g/mol. The maximum absolute atomic E-state index is 12.8. The molecule has 146 valence electrons. The number of hydrogen-bond acceptors (Lipinski definition) is 1. The normalized spacial score (nSPS) is 13.6. The molecule has 1 aliphatic heterocycles. The zero-order valence-electron chi connectivity index (χ0n) is 16.1. The van der Waals surface area contributed by atoms with Crippen molar-refractivity contribution in [1.82, 2.24) is 8.97 Å². The van der Waals surface area contributed by atoms with Crippen LogP contribution in [0.3, 0.4) is 0 Å². The smallest absolute Gasteiger partial charge is 0.177 e. The van der Waals surface area contributed by atoms with Gasteiger partial charge in [0.15, 0.2) is 5.78 Å². The quantitative estimate of drug-likeness (QED) is 0.268. The van der Waals surface area contributed by atoms with Gasteiger partial charge in [0.1, 0.15) is 5.65 Å². The van der Waals surface area contributed by atoms with Gasteiger partial charge in [0.05, 0.1) is 11.4 Å². The van der Waals surface area contributed by atoms with Crippen LogP contribution in [0.15, 0.2) is 63.7 Å². The molecule has 2 aromatic carbocycles. The Hall–Kier alpha value is -2.11. The van der Waals surface area contributed by atoms with Crippen LogP contribution in [-0.4, -0.2) is 14.8 Å². The summed E-state index contributed by atoms with van der Waals surface area (Å²) in [6.07, 6.45) is 5.40. The van der Waals surface area contributed by atoms with Gasteiger partial charge >= 0.3 is 0 Å². The maximum atomic E-state index is 12.8. The summed E-state index contributed by atoms with van der Waals surface area (Å²) in [5.74, 6) is 0.101. The van der Waals surface area contributed by atoms with E-state index in [0.29, 0.717) is 0 Å². The van der Waals surface area contributed by atoms with E-state index in [9.17, 15) is 4.79 Å². The van der Waals surface area contributed by atoms with Crippen molar-refractivity contribution in [1.29, 1.82) is 0 Å². The molecule has 4 aromatic rings. The standard InChI is InChI=1S/C24H20Br2N2O/c1-15(29)23-22(17-7-11-19(26)12-8-17)20-4-2-3-13-27-21(14-28(23)24(20)27)16-5-9-18(25)10-6-16/h5-12,14H,2-4,13H2,1H3. The van der Waals surface area contributed by atoms with Gasteiger partial charge in [-0.25, -0.2) is 0 Å².